The first kappa shape index (κ1) is 20.0. The summed E-state index contributed by atoms with van der Waals surface area (Å²) in [5.74, 6) is -1.16. The van der Waals surface area contributed by atoms with E-state index in [0.29, 0.717) is 18.7 Å². The van der Waals surface area contributed by atoms with Crippen LogP contribution in [0.2, 0.25) is 0 Å². The van der Waals surface area contributed by atoms with Gasteiger partial charge in [-0.1, -0.05) is 13.0 Å². The summed E-state index contributed by atoms with van der Waals surface area (Å²) in [6.07, 6.45) is -3.49. The Labute approximate surface area is 139 Å². The van der Waals surface area contributed by atoms with E-state index in [2.05, 4.69) is 16.6 Å². The van der Waals surface area contributed by atoms with Crippen molar-refractivity contribution in [2.75, 3.05) is 26.2 Å². The highest BCUT2D eigenvalue weighted by molar-refractivity contribution is 5.85. The van der Waals surface area contributed by atoms with Gasteiger partial charge in [-0.15, -0.1) is 12.4 Å². The molecule has 1 aliphatic rings. The van der Waals surface area contributed by atoms with E-state index >= 15 is 0 Å². The normalized spacial score (nSPS) is 22.0. The number of benzene rings is 1. The molecule has 0 radical (unpaired) electrons. The third-order valence-corrected chi connectivity index (χ3v) is 3.92. The maximum atomic E-state index is 13.8. The van der Waals surface area contributed by atoms with Gasteiger partial charge in [0.15, 0.2) is 18.2 Å². The van der Waals surface area contributed by atoms with E-state index in [1.54, 1.807) is 6.07 Å². The van der Waals surface area contributed by atoms with Crippen molar-refractivity contribution in [2.24, 2.45) is 11.1 Å². The summed E-state index contributed by atoms with van der Waals surface area (Å²) in [6, 6.07) is 4.06. The standard InChI is InChI=1S/C15H20F4N2O.ClH/c1-14(8-20)4-5-21(9-14)7-11-2-3-13(12(16)6-11)22-10-15(17,18)19;/h2-3,6H,4-5,7-10,20H2,1H3;1H. The van der Waals surface area contributed by atoms with Gasteiger partial charge in [-0.3, -0.25) is 4.90 Å². The quantitative estimate of drug-likeness (QED) is 0.822. The number of nitrogens with two attached hydrogens (primary N) is 1. The fraction of sp³-hybridized carbons (Fsp3) is 0.600. The molecule has 0 bridgehead atoms. The number of alkyl halides is 3. The number of nitrogens with zero attached hydrogens (tertiary/aromatic N) is 1. The Morgan fingerprint density at radius 3 is 2.57 bits per heavy atom. The van der Waals surface area contributed by atoms with Gasteiger partial charge in [0.2, 0.25) is 0 Å². The summed E-state index contributed by atoms with van der Waals surface area (Å²) in [6.45, 7) is 3.47. The van der Waals surface area contributed by atoms with Crippen LogP contribution in [-0.2, 0) is 6.54 Å². The van der Waals surface area contributed by atoms with Gasteiger partial charge >= 0.3 is 6.18 Å². The second-order valence-electron chi connectivity index (χ2n) is 6.14. The van der Waals surface area contributed by atoms with Crippen molar-refractivity contribution in [1.82, 2.24) is 4.90 Å². The van der Waals surface area contributed by atoms with Gasteiger partial charge < -0.3 is 10.5 Å². The molecule has 1 saturated heterocycles. The topological polar surface area (TPSA) is 38.5 Å². The summed E-state index contributed by atoms with van der Waals surface area (Å²) < 4.78 is 54.4. The minimum Gasteiger partial charge on any atom is -0.481 e. The van der Waals surface area contributed by atoms with E-state index in [1.807, 2.05) is 0 Å². The van der Waals surface area contributed by atoms with E-state index in [1.165, 1.54) is 12.1 Å². The van der Waals surface area contributed by atoms with Gasteiger partial charge in [0, 0.05) is 13.1 Å². The molecule has 1 aromatic rings. The summed E-state index contributed by atoms with van der Waals surface area (Å²) in [4.78, 5) is 2.16. The van der Waals surface area contributed by atoms with Crippen molar-refractivity contribution in [2.45, 2.75) is 26.1 Å². The maximum Gasteiger partial charge on any atom is 0.422 e. The SMILES string of the molecule is CC1(CN)CCN(Cc2ccc(OCC(F)(F)F)c(F)c2)C1.Cl. The smallest absolute Gasteiger partial charge is 0.422 e. The Bertz CT molecular complexity index is 527. The number of rotatable bonds is 5. The van der Waals surface area contributed by atoms with E-state index in [9.17, 15) is 17.6 Å². The minimum atomic E-state index is -4.48. The fourth-order valence-electron chi connectivity index (χ4n) is 2.61. The van der Waals surface area contributed by atoms with Crippen LogP contribution in [0.4, 0.5) is 17.6 Å². The number of ether oxygens (including phenoxy) is 1. The van der Waals surface area contributed by atoms with Gasteiger partial charge in [-0.25, -0.2) is 4.39 Å². The predicted octanol–water partition coefficient (Wildman–Crippen LogP) is 3.36. The Hall–Kier alpha value is -1.05. The molecule has 23 heavy (non-hydrogen) atoms. The summed E-state index contributed by atoms with van der Waals surface area (Å²) in [5.41, 5.74) is 6.53. The first-order valence-corrected chi connectivity index (χ1v) is 7.11. The summed E-state index contributed by atoms with van der Waals surface area (Å²) in [5, 5.41) is 0. The summed E-state index contributed by atoms with van der Waals surface area (Å²) in [7, 11) is 0. The molecule has 0 aromatic heterocycles. The fourth-order valence-corrected chi connectivity index (χ4v) is 2.61. The lowest BCUT2D eigenvalue weighted by Crippen LogP contribution is -2.31. The van der Waals surface area contributed by atoms with Crippen LogP contribution < -0.4 is 10.5 Å². The van der Waals surface area contributed by atoms with Gasteiger partial charge in [0.1, 0.15) is 0 Å². The van der Waals surface area contributed by atoms with Crippen LogP contribution in [0.3, 0.4) is 0 Å². The molecular formula is C15H21ClF4N2O. The highest BCUT2D eigenvalue weighted by atomic mass is 35.5. The van der Waals surface area contributed by atoms with Crippen molar-refractivity contribution < 1.29 is 22.3 Å². The average Bonchev–Trinajstić information content (AvgIpc) is 2.79. The van der Waals surface area contributed by atoms with Crippen LogP contribution in [0.15, 0.2) is 18.2 Å². The molecular weight excluding hydrogens is 336 g/mol. The lowest BCUT2D eigenvalue weighted by molar-refractivity contribution is -0.153. The lowest BCUT2D eigenvalue weighted by Gasteiger charge is -2.22. The van der Waals surface area contributed by atoms with E-state index in [0.717, 1.165) is 19.5 Å². The Kier molecular flexibility index (Phi) is 6.68. The lowest BCUT2D eigenvalue weighted by atomic mass is 9.90. The van der Waals surface area contributed by atoms with Crippen LogP contribution in [-0.4, -0.2) is 37.3 Å². The zero-order chi connectivity index (χ0) is 16.4. The van der Waals surface area contributed by atoms with Crippen molar-refractivity contribution in [1.29, 1.82) is 0 Å². The van der Waals surface area contributed by atoms with Crippen LogP contribution in [0.25, 0.3) is 0 Å². The zero-order valence-electron chi connectivity index (χ0n) is 12.8. The first-order valence-electron chi connectivity index (χ1n) is 7.11. The van der Waals surface area contributed by atoms with Crippen molar-refractivity contribution in [3.63, 3.8) is 0 Å². The largest absolute Gasteiger partial charge is 0.481 e. The number of likely N-dealkylation sites (tertiary alicyclic amines) is 1. The third kappa shape index (κ3) is 5.82. The molecule has 2 rings (SSSR count). The maximum absolute atomic E-state index is 13.8. The Balaban J connectivity index is 0.00000264. The molecule has 0 aliphatic carbocycles. The highest BCUT2D eigenvalue weighted by Gasteiger charge is 2.32. The first-order chi connectivity index (χ1) is 10.2. The highest BCUT2D eigenvalue weighted by Crippen LogP contribution is 2.30. The molecule has 0 saturated carbocycles. The van der Waals surface area contributed by atoms with Crippen molar-refractivity contribution in [3.05, 3.63) is 29.6 Å². The monoisotopic (exact) mass is 356 g/mol. The molecule has 132 valence electrons. The molecule has 8 heteroatoms. The average molecular weight is 357 g/mol. The van der Waals surface area contributed by atoms with Crippen LogP contribution in [0.1, 0.15) is 18.9 Å². The molecule has 0 spiro atoms. The van der Waals surface area contributed by atoms with Gasteiger partial charge in [0.05, 0.1) is 0 Å². The van der Waals surface area contributed by atoms with Crippen LogP contribution in [0.5, 0.6) is 5.75 Å². The molecule has 0 amide bonds. The molecule has 2 N–H and O–H groups in total. The van der Waals surface area contributed by atoms with E-state index in [4.69, 9.17) is 5.73 Å². The molecule has 1 atom stereocenters. The molecule has 1 heterocycles. The van der Waals surface area contributed by atoms with Crippen molar-refractivity contribution >= 4 is 12.4 Å². The van der Waals surface area contributed by atoms with Gasteiger partial charge in [-0.05, 0) is 42.6 Å². The molecule has 3 nitrogen and oxygen atoms in total. The second kappa shape index (κ2) is 7.68. The zero-order valence-corrected chi connectivity index (χ0v) is 13.6. The molecule has 1 aliphatic heterocycles. The van der Waals surface area contributed by atoms with Crippen LogP contribution >= 0.6 is 12.4 Å². The minimum absolute atomic E-state index is 0. The molecule has 1 unspecified atom stereocenters. The summed E-state index contributed by atoms with van der Waals surface area (Å²) >= 11 is 0. The second-order valence-corrected chi connectivity index (χ2v) is 6.14. The number of hydrogen-bond donors (Lipinski definition) is 1. The van der Waals surface area contributed by atoms with E-state index < -0.39 is 18.6 Å². The number of hydrogen-bond acceptors (Lipinski definition) is 3. The third-order valence-electron chi connectivity index (χ3n) is 3.92. The van der Waals surface area contributed by atoms with Gasteiger partial charge in [0.25, 0.3) is 0 Å². The molecule has 1 fully saturated rings. The molecule has 1 aromatic carbocycles. The Morgan fingerprint density at radius 1 is 1.35 bits per heavy atom. The van der Waals surface area contributed by atoms with Gasteiger partial charge in [-0.2, -0.15) is 13.2 Å². The Morgan fingerprint density at radius 2 is 2.04 bits per heavy atom. The number of halogens is 5. The van der Waals surface area contributed by atoms with Crippen LogP contribution in [0, 0.1) is 11.2 Å². The van der Waals surface area contributed by atoms with E-state index in [-0.39, 0.29) is 23.6 Å². The van der Waals surface area contributed by atoms with Crippen molar-refractivity contribution in [3.8, 4) is 5.75 Å². The predicted molar refractivity (Wildman–Crippen MR) is 82.3 cm³/mol.